The largest absolute Gasteiger partial charge is 0.376 e. The van der Waals surface area contributed by atoms with Crippen molar-refractivity contribution in [3.8, 4) is 5.82 Å². The zero-order valence-corrected chi connectivity index (χ0v) is 8.12. The molecular formula is C9H11N5. The van der Waals surface area contributed by atoms with Gasteiger partial charge in [0.05, 0.1) is 11.9 Å². The molecule has 0 amide bonds. The van der Waals surface area contributed by atoms with E-state index in [1.165, 1.54) is 6.33 Å². The van der Waals surface area contributed by atoms with E-state index in [0.29, 0.717) is 0 Å². The zero-order valence-electron chi connectivity index (χ0n) is 8.12. The van der Waals surface area contributed by atoms with Gasteiger partial charge in [-0.2, -0.15) is 5.10 Å². The van der Waals surface area contributed by atoms with E-state index in [4.69, 9.17) is 0 Å². The Labute approximate surface area is 82.0 Å². The number of rotatable bonds is 2. The lowest BCUT2D eigenvalue weighted by molar-refractivity contribution is 0.844. The maximum absolute atomic E-state index is 4.26. The molecular weight excluding hydrogens is 178 g/mol. The molecule has 5 nitrogen and oxygen atoms in total. The minimum absolute atomic E-state index is 0.771. The van der Waals surface area contributed by atoms with Crippen LogP contribution in [0.4, 0.5) is 5.69 Å². The molecule has 0 saturated carbocycles. The molecule has 0 radical (unpaired) electrons. The molecule has 0 N–H and O–H groups in total. The summed E-state index contributed by atoms with van der Waals surface area (Å²) < 4.78 is 1.62. The Morgan fingerprint density at radius 3 is 2.64 bits per heavy atom. The van der Waals surface area contributed by atoms with E-state index in [1.54, 1.807) is 17.2 Å². The van der Waals surface area contributed by atoms with Crippen molar-refractivity contribution in [3.05, 3.63) is 31.0 Å². The van der Waals surface area contributed by atoms with E-state index in [1.807, 2.05) is 31.1 Å². The number of aromatic nitrogens is 4. The molecule has 2 heterocycles. The summed E-state index contributed by atoms with van der Waals surface area (Å²) in [5, 5.41) is 3.99. The molecule has 2 rings (SSSR count). The van der Waals surface area contributed by atoms with Gasteiger partial charge in [0.25, 0.3) is 0 Å². The fraction of sp³-hybridized carbons (Fsp3) is 0.222. The fourth-order valence-electron chi connectivity index (χ4n) is 1.10. The summed E-state index contributed by atoms with van der Waals surface area (Å²) in [7, 11) is 3.96. The van der Waals surface area contributed by atoms with Gasteiger partial charge in [-0.15, -0.1) is 0 Å². The van der Waals surface area contributed by atoms with E-state index in [0.717, 1.165) is 11.5 Å². The summed E-state index contributed by atoms with van der Waals surface area (Å²) in [5.41, 5.74) is 1.06. The van der Waals surface area contributed by atoms with Gasteiger partial charge >= 0.3 is 0 Å². The monoisotopic (exact) mass is 189 g/mol. The number of hydrogen-bond acceptors (Lipinski definition) is 4. The van der Waals surface area contributed by atoms with Gasteiger partial charge in [0.15, 0.2) is 5.82 Å². The fourth-order valence-corrected chi connectivity index (χ4v) is 1.10. The van der Waals surface area contributed by atoms with Gasteiger partial charge in [0.1, 0.15) is 12.7 Å². The smallest absolute Gasteiger partial charge is 0.155 e. The molecule has 0 fully saturated rings. The van der Waals surface area contributed by atoms with Crippen molar-refractivity contribution in [2.24, 2.45) is 0 Å². The van der Waals surface area contributed by atoms with Crippen molar-refractivity contribution in [1.29, 1.82) is 0 Å². The molecule has 0 aliphatic carbocycles. The molecule has 0 aliphatic rings. The van der Waals surface area contributed by atoms with Gasteiger partial charge < -0.3 is 4.90 Å². The van der Waals surface area contributed by atoms with Crippen LogP contribution in [-0.4, -0.2) is 33.8 Å². The number of anilines is 1. The quantitative estimate of drug-likeness (QED) is 0.698. The molecule has 72 valence electrons. The van der Waals surface area contributed by atoms with Crippen molar-refractivity contribution in [1.82, 2.24) is 19.7 Å². The van der Waals surface area contributed by atoms with Crippen molar-refractivity contribution < 1.29 is 0 Å². The average Bonchev–Trinajstić information content (AvgIpc) is 2.71. The van der Waals surface area contributed by atoms with Gasteiger partial charge in [0, 0.05) is 14.1 Å². The Morgan fingerprint density at radius 1 is 1.29 bits per heavy atom. The first-order chi connectivity index (χ1) is 6.77. The van der Waals surface area contributed by atoms with Crippen LogP contribution in [0.5, 0.6) is 0 Å². The second-order valence-electron chi connectivity index (χ2n) is 3.11. The highest BCUT2D eigenvalue weighted by atomic mass is 15.3. The summed E-state index contributed by atoms with van der Waals surface area (Å²) in [6, 6.07) is 3.90. The van der Waals surface area contributed by atoms with Gasteiger partial charge in [-0.1, -0.05) is 0 Å². The zero-order chi connectivity index (χ0) is 9.97. The maximum atomic E-state index is 4.26. The third-order valence-electron chi connectivity index (χ3n) is 1.90. The molecule has 2 aromatic heterocycles. The maximum Gasteiger partial charge on any atom is 0.155 e. The van der Waals surface area contributed by atoms with E-state index in [2.05, 4.69) is 15.1 Å². The van der Waals surface area contributed by atoms with E-state index >= 15 is 0 Å². The summed E-state index contributed by atoms with van der Waals surface area (Å²) in [6.07, 6.45) is 4.91. The van der Waals surface area contributed by atoms with Crippen molar-refractivity contribution in [2.45, 2.75) is 0 Å². The molecule has 2 aromatic rings. The summed E-state index contributed by atoms with van der Waals surface area (Å²) in [5.74, 6) is 0.771. The van der Waals surface area contributed by atoms with Crippen LogP contribution in [0.15, 0.2) is 31.0 Å². The van der Waals surface area contributed by atoms with Crippen LogP contribution in [0.1, 0.15) is 0 Å². The highest BCUT2D eigenvalue weighted by Crippen LogP contribution is 2.10. The topological polar surface area (TPSA) is 46.8 Å². The second kappa shape index (κ2) is 3.45. The second-order valence-corrected chi connectivity index (χ2v) is 3.11. The lowest BCUT2D eigenvalue weighted by Crippen LogP contribution is -2.09. The molecule has 5 heteroatoms. The number of nitrogens with zero attached hydrogens (tertiary/aromatic N) is 5. The third kappa shape index (κ3) is 1.56. The lowest BCUT2D eigenvalue weighted by atomic mass is 10.4. The van der Waals surface area contributed by atoms with Crippen LogP contribution in [0.3, 0.4) is 0 Å². The Hall–Kier alpha value is -1.91. The Morgan fingerprint density at radius 2 is 2.14 bits per heavy atom. The van der Waals surface area contributed by atoms with Crippen molar-refractivity contribution in [2.75, 3.05) is 19.0 Å². The van der Waals surface area contributed by atoms with E-state index in [9.17, 15) is 0 Å². The standard InChI is InChI=1S/C9H11N5/c1-13(2)8-3-4-9(11-5-8)14-7-10-6-12-14/h3-7H,1-2H3. The van der Waals surface area contributed by atoms with Crippen LogP contribution in [0, 0.1) is 0 Å². The molecule has 0 aromatic carbocycles. The number of pyridine rings is 1. The lowest BCUT2D eigenvalue weighted by Gasteiger charge is -2.11. The Kier molecular flexibility index (Phi) is 2.14. The molecule has 0 aliphatic heterocycles. The molecule has 0 saturated heterocycles. The first-order valence-corrected chi connectivity index (χ1v) is 4.26. The Bertz CT molecular complexity index is 390. The van der Waals surface area contributed by atoms with Gasteiger partial charge in [-0.05, 0) is 12.1 Å². The van der Waals surface area contributed by atoms with Gasteiger partial charge in [-0.25, -0.2) is 14.6 Å². The molecule has 0 spiro atoms. The summed E-state index contributed by atoms with van der Waals surface area (Å²) in [4.78, 5) is 10.1. The van der Waals surface area contributed by atoms with E-state index < -0.39 is 0 Å². The van der Waals surface area contributed by atoms with Crippen molar-refractivity contribution in [3.63, 3.8) is 0 Å². The average molecular weight is 189 g/mol. The molecule has 14 heavy (non-hydrogen) atoms. The first kappa shape index (κ1) is 8.68. The van der Waals surface area contributed by atoms with Crippen LogP contribution < -0.4 is 4.90 Å². The third-order valence-corrected chi connectivity index (χ3v) is 1.90. The molecule has 0 bridgehead atoms. The minimum Gasteiger partial charge on any atom is -0.376 e. The highest BCUT2D eigenvalue weighted by Gasteiger charge is 1.99. The Balaban J connectivity index is 2.31. The van der Waals surface area contributed by atoms with Crippen LogP contribution in [0.25, 0.3) is 5.82 Å². The van der Waals surface area contributed by atoms with Crippen LogP contribution in [0.2, 0.25) is 0 Å². The van der Waals surface area contributed by atoms with Crippen LogP contribution >= 0.6 is 0 Å². The van der Waals surface area contributed by atoms with Gasteiger partial charge in [-0.3, -0.25) is 0 Å². The summed E-state index contributed by atoms with van der Waals surface area (Å²) >= 11 is 0. The van der Waals surface area contributed by atoms with E-state index in [-0.39, 0.29) is 0 Å². The molecule has 0 atom stereocenters. The predicted molar refractivity (Wildman–Crippen MR) is 53.5 cm³/mol. The SMILES string of the molecule is CN(C)c1ccc(-n2cncn2)nc1. The van der Waals surface area contributed by atoms with Gasteiger partial charge in [0.2, 0.25) is 0 Å². The molecule has 0 unspecified atom stereocenters. The normalized spacial score (nSPS) is 10.1. The predicted octanol–water partition coefficient (Wildman–Crippen LogP) is 0.728. The van der Waals surface area contributed by atoms with Crippen LogP contribution in [-0.2, 0) is 0 Å². The summed E-state index contributed by atoms with van der Waals surface area (Å²) in [6.45, 7) is 0. The van der Waals surface area contributed by atoms with Crippen molar-refractivity contribution >= 4 is 5.69 Å². The number of hydrogen-bond donors (Lipinski definition) is 0. The highest BCUT2D eigenvalue weighted by molar-refractivity contribution is 5.44. The first-order valence-electron chi connectivity index (χ1n) is 4.26. The minimum atomic E-state index is 0.771.